The molecule has 1 aromatic rings. The van der Waals surface area contributed by atoms with Crippen molar-refractivity contribution in [2.24, 2.45) is 11.8 Å². The maximum Gasteiger partial charge on any atom is 0.350 e. The molecule has 0 aliphatic carbocycles. The summed E-state index contributed by atoms with van der Waals surface area (Å²) in [4.78, 5) is 52.1. The summed E-state index contributed by atoms with van der Waals surface area (Å²) in [5.41, 5.74) is -1.77. The molecule has 2 aliphatic heterocycles. The van der Waals surface area contributed by atoms with Crippen LogP contribution < -0.4 is 20.7 Å². The van der Waals surface area contributed by atoms with Crippen molar-refractivity contribution in [3.05, 3.63) is 29.8 Å². The fraction of sp³-hybridized carbons (Fsp3) is 0.600. The number of nitrogens with one attached hydrogen (secondary N) is 3. The number of methoxy groups -OCH3 is 1. The number of ether oxygens (including phenoxy) is 1. The highest BCUT2D eigenvalue weighted by Gasteiger charge is 2.39. The van der Waals surface area contributed by atoms with Crippen LogP contribution in [0.5, 0.6) is 5.75 Å². The van der Waals surface area contributed by atoms with Crippen LogP contribution >= 0.6 is 0 Å². The van der Waals surface area contributed by atoms with E-state index in [9.17, 15) is 24.3 Å². The maximum absolute atomic E-state index is 13.0. The first-order valence-electron chi connectivity index (χ1n) is 12.2. The molecule has 3 amide bonds. The Morgan fingerprint density at radius 3 is 2.43 bits per heavy atom. The fourth-order valence-corrected chi connectivity index (χ4v) is 4.60. The molecule has 0 spiro atoms. The summed E-state index contributed by atoms with van der Waals surface area (Å²) in [6.45, 7) is 4.06. The number of aliphatic carboxylic acids is 1. The van der Waals surface area contributed by atoms with Gasteiger partial charge < -0.3 is 30.7 Å². The molecule has 2 heterocycles. The number of rotatable bonds is 9. The van der Waals surface area contributed by atoms with Gasteiger partial charge >= 0.3 is 5.97 Å². The summed E-state index contributed by atoms with van der Waals surface area (Å²) in [6, 6.07) is 6.19. The van der Waals surface area contributed by atoms with Gasteiger partial charge in [0, 0.05) is 25.1 Å². The maximum atomic E-state index is 13.0. The van der Waals surface area contributed by atoms with Crippen molar-refractivity contribution >= 4 is 23.7 Å². The SMILES string of the molecule is COc1ccc(C(=O)N[C@@](C)(NC(=O)[C@@H]2CCCN(C(=O)CCC3CCNCC3)C2)C(=O)O)cc1. The van der Waals surface area contributed by atoms with Crippen LogP contribution in [0, 0.1) is 11.8 Å². The topological polar surface area (TPSA) is 137 Å². The third kappa shape index (κ3) is 7.17. The van der Waals surface area contributed by atoms with Crippen molar-refractivity contribution in [3.63, 3.8) is 0 Å². The molecule has 1 aromatic carbocycles. The van der Waals surface area contributed by atoms with Gasteiger partial charge in [-0.1, -0.05) is 0 Å². The van der Waals surface area contributed by atoms with Gasteiger partial charge in [0.25, 0.3) is 5.91 Å². The number of nitrogens with zero attached hydrogens (tertiary/aromatic N) is 1. The summed E-state index contributed by atoms with van der Waals surface area (Å²) < 4.78 is 5.07. The van der Waals surface area contributed by atoms with E-state index in [1.165, 1.54) is 26.2 Å². The molecule has 2 saturated heterocycles. The number of benzene rings is 1. The molecule has 2 atom stereocenters. The van der Waals surface area contributed by atoms with Gasteiger partial charge in [-0.3, -0.25) is 14.4 Å². The number of carboxylic acids is 1. The third-order valence-electron chi connectivity index (χ3n) is 6.89. The summed E-state index contributed by atoms with van der Waals surface area (Å²) in [6.07, 6.45) is 4.68. The standard InChI is InChI=1S/C25H36N4O6/c1-25(24(33)34,27-22(31)18-6-8-20(35-2)9-7-18)28-23(32)19-4-3-15-29(16-19)21(30)10-5-17-11-13-26-14-12-17/h6-9,17,19,26H,3-5,10-16H2,1-2H3,(H,27,31)(H,28,32)(H,33,34)/t19-,25+/m1/s1. The van der Waals surface area contributed by atoms with Crippen molar-refractivity contribution in [2.75, 3.05) is 33.3 Å². The first-order valence-corrected chi connectivity index (χ1v) is 12.2. The summed E-state index contributed by atoms with van der Waals surface area (Å²) >= 11 is 0. The molecule has 0 bridgehead atoms. The van der Waals surface area contributed by atoms with Crippen LogP contribution in [0.2, 0.25) is 0 Å². The van der Waals surface area contributed by atoms with Crippen LogP contribution in [0.1, 0.15) is 55.8 Å². The molecule has 3 rings (SSSR count). The largest absolute Gasteiger partial charge is 0.497 e. The quantitative estimate of drug-likeness (QED) is 0.385. The Kier molecular flexibility index (Phi) is 9.08. The van der Waals surface area contributed by atoms with Crippen LogP contribution in [-0.4, -0.2) is 72.6 Å². The lowest BCUT2D eigenvalue weighted by molar-refractivity contribution is -0.149. The minimum absolute atomic E-state index is 0.0369. The predicted octanol–water partition coefficient (Wildman–Crippen LogP) is 1.36. The molecule has 0 unspecified atom stereocenters. The van der Waals surface area contributed by atoms with Crippen molar-refractivity contribution in [1.82, 2.24) is 20.9 Å². The lowest BCUT2D eigenvalue weighted by Gasteiger charge is -2.35. The van der Waals surface area contributed by atoms with E-state index in [4.69, 9.17) is 4.74 Å². The number of likely N-dealkylation sites (tertiary alicyclic amines) is 1. The predicted molar refractivity (Wildman–Crippen MR) is 129 cm³/mol. The van der Waals surface area contributed by atoms with Gasteiger partial charge in [-0.15, -0.1) is 0 Å². The van der Waals surface area contributed by atoms with E-state index in [1.807, 2.05) is 0 Å². The average molecular weight is 489 g/mol. The molecule has 192 valence electrons. The van der Waals surface area contributed by atoms with Gasteiger partial charge in [0.2, 0.25) is 17.5 Å². The van der Waals surface area contributed by atoms with Crippen LogP contribution in [0.25, 0.3) is 0 Å². The van der Waals surface area contributed by atoms with Gasteiger partial charge in [0.1, 0.15) is 5.75 Å². The lowest BCUT2D eigenvalue weighted by atomic mass is 9.92. The molecule has 10 nitrogen and oxygen atoms in total. The van der Waals surface area contributed by atoms with E-state index in [2.05, 4.69) is 16.0 Å². The van der Waals surface area contributed by atoms with E-state index in [0.717, 1.165) is 32.4 Å². The lowest BCUT2D eigenvalue weighted by Crippen LogP contribution is -2.65. The minimum atomic E-state index is -2.00. The van der Waals surface area contributed by atoms with Gasteiger partial charge in [-0.2, -0.15) is 0 Å². The Labute approximate surface area is 205 Å². The summed E-state index contributed by atoms with van der Waals surface area (Å²) in [5.74, 6) is -1.92. The zero-order valence-corrected chi connectivity index (χ0v) is 20.5. The fourth-order valence-electron chi connectivity index (χ4n) is 4.60. The van der Waals surface area contributed by atoms with Crippen molar-refractivity contribution in [2.45, 2.75) is 51.1 Å². The normalized spacial score (nSPS) is 20.4. The van der Waals surface area contributed by atoms with Gasteiger partial charge in [-0.25, -0.2) is 4.79 Å². The zero-order valence-electron chi connectivity index (χ0n) is 20.5. The number of amides is 3. The number of hydrogen-bond acceptors (Lipinski definition) is 6. The molecule has 2 aliphatic rings. The second kappa shape index (κ2) is 12.0. The van der Waals surface area contributed by atoms with Gasteiger partial charge in [-0.05, 0) is 82.3 Å². The number of carbonyl (C=O) groups is 4. The van der Waals surface area contributed by atoms with E-state index >= 15 is 0 Å². The minimum Gasteiger partial charge on any atom is -0.497 e. The van der Waals surface area contributed by atoms with Gasteiger partial charge in [0.15, 0.2) is 0 Å². The van der Waals surface area contributed by atoms with Crippen LogP contribution in [0.4, 0.5) is 0 Å². The molecule has 4 N–H and O–H groups in total. The number of piperidine rings is 2. The van der Waals surface area contributed by atoms with Crippen LogP contribution in [0.15, 0.2) is 24.3 Å². The number of carbonyl (C=O) groups excluding carboxylic acids is 3. The van der Waals surface area contributed by atoms with E-state index in [1.54, 1.807) is 17.0 Å². The molecule has 0 saturated carbocycles. The van der Waals surface area contributed by atoms with Gasteiger partial charge in [0.05, 0.1) is 13.0 Å². The molecule has 0 radical (unpaired) electrons. The first-order chi connectivity index (χ1) is 16.7. The van der Waals surface area contributed by atoms with Crippen molar-refractivity contribution in [3.8, 4) is 5.75 Å². The Bertz CT molecular complexity index is 915. The highest BCUT2D eigenvalue weighted by molar-refractivity contribution is 5.99. The van der Waals surface area contributed by atoms with Crippen LogP contribution in [0.3, 0.4) is 0 Å². The number of hydrogen-bond donors (Lipinski definition) is 4. The second-order valence-electron chi connectivity index (χ2n) is 9.51. The third-order valence-corrected chi connectivity index (χ3v) is 6.89. The Hall–Kier alpha value is -3.14. The van der Waals surface area contributed by atoms with E-state index in [0.29, 0.717) is 37.5 Å². The zero-order chi connectivity index (χ0) is 25.4. The number of carboxylic acid groups (broad SMARTS) is 1. The molecule has 0 aromatic heterocycles. The molecular weight excluding hydrogens is 452 g/mol. The Morgan fingerprint density at radius 1 is 1.11 bits per heavy atom. The smallest absolute Gasteiger partial charge is 0.350 e. The Morgan fingerprint density at radius 2 is 1.80 bits per heavy atom. The average Bonchev–Trinajstić information content (AvgIpc) is 2.87. The summed E-state index contributed by atoms with van der Waals surface area (Å²) in [5, 5.41) is 18.0. The second-order valence-corrected chi connectivity index (χ2v) is 9.51. The summed E-state index contributed by atoms with van der Waals surface area (Å²) in [7, 11) is 1.50. The first kappa shape index (κ1) is 26.5. The van der Waals surface area contributed by atoms with Crippen LogP contribution in [-0.2, 0) is 14.4 Å². The van der Waals surface area contributed by atoms with Crippen molar-refractivity contribution in [1.29, 1.82) is 0 Å². The molecular formula is C25H36N4O6. The highest BCUT2D eigenvalue weighted by atomic mass is 16.5. The highest BCUT2D eigenvalue weighted by Crippen LogP contribution is 2.22. The van der Waals surface area contributed by atoms with E-state index < -0.39 is 29.4 Å². The molecule has 35 heavy (non-hydrogen) atoms. The Balaban J connectivity index is 1.57. The molecule has 2 fully saturated rings. The monoisotopic (exact) mass is 488 g/mol. The van der Waals surface area contributed by atoms with E-state index in [-0.39, 0.29) is 18.0 Å². The van der Waals surface area contributed by atoms with Crippen molar-refractivity contribution < 1.29 is 29.0 Å². The molecule has 10 heteroatoms.